The minimum Gasteiger partial charge on any atom is -0.496 e. The van der Waals surface area contributed by atoms with Gasteiger partial charge in [-0.15, -0.1) is 0 Å². The van der Waals surface area contributed by atoms with Gasteiger partial charge in [0.15, 0.2) is 11.6 Å². The Hall–Kier alpha value is -2.88. The number of aliphatic carboxylic acids is 1. The summed E-state index contributed by atoms with van der Waals surface area (Å²) in [5, 5.41) is 23.4. The molecule has 1 unspecified atom stereocenters. The third-order valence-corrected chi connectivity index (χ3v) is 7.37. The fraction of sp³-hybridized carbons (Fsp3) is 0.536. The van der Waals surface area contributed by atoms with E-state index in [2.05, 4.69) is 5.32 Å². The molecule has 0 spiro atoms. The number of ether oxygens (including phenoxy) is 4. The lowest BCUT2D eigenvalue weighted by Crippen LogP contribution is -2.50. The molecule has 1 atom stereocenters. The van der Waals surface area contributed by atoms with E-state index in [-0.39, 0.29) is 29.6 Å². The van der Waals surface area contributed by atoms with Crippen LogP contribution in [-0.2, 0) is 20.9 Å². The largest absolute Gasteiger partial charge is 0.496 e. The lowest BCUT2D eigenvalue weighted by molar-refractivity contribution is -0.145. The van der Waals surface area contributed by atoms with Crippen LogP contribution in [0.1, 0.15) is 62.7 Å². The number of halogens is 1. The molecule has 2 aromatic rings. The second-order valence-electron chi connectivity index (χ2n) is 9.78. The summed E-state index contributed by atoms with van der Waals surface area (Å²) in [5.74, 6) is -1.33. The Morgan fingerprint density at radius 3 is 2.46 bits per heavy atom. The second kappa shape index (κ2) is 11.7. The zero-order chi connectivity index (χ0) is 26.6. The monoisotopic (exact) mass is 517 g/mol. The molecule has 2 aromatic carbocycles. The second-order valence-corrected chi connectivity index (χ2v) is 9.78. The normalized spacial score (nSPS) is 18.4. The molecule has 9 heteroatoms. The Morgan fingerprint density at radius 1 is 1.16 bits per heavy atom. The van der Waals surface area contributed by atoms with Crippen LogP contribution in [0.3, 0.4) is 0 Å². The molecule has 1 aliphatic carbocycles. The zero-order valence-electron chi connectivity index (χ0n) is 21.6. The molecule has 4 rings (SSSR count). The number of aliphatic hydroxyl groups is 1. The van der Waals surface area contributed by atoms with Gasteiger partial charge >= 0.3 is 5.97 Å². The van der Waals surface area contributed by atoms with Crippen molar-refractivity contribution in [3.05, 3.63) is 41.2 Å². The summed E-state index contributed by atoms with van der Waals surface area (Å²) in [4.78, 5) is 12.2. The van der Waals surface area contributed by atoms with E-state index in [1.807, 2.05) is 6.07 Å². The van der Waals surface area contributed by atoms with Gasteiger partial charge in [0.1, 0.15) is 11.3 Å². The van der Waals surface area contributed by atoms with Gasteiger partial charge in [-0.05, 0) is 49.1 Å². The van der Waals surface area contributed by atoms with Crippen LogP contribution in [-0.4, -0.2) is 55.3 Å². The van der Waals surface area contributed by atoms with Crippen LogP contribution in [0.2, 0.25) is 0 Å². The molecule has 1 heterocycles. The minimum absolute atomic E-state index is 0.0822. The Labute approximate surface area is 216 Å². The van der Waals surface area contributed by atoms with E-state index in [0.717, 1.165) is 25.7 Å². The van der Waals surface area contributed by atoms with Crippen molar-refractivity contribution in [2.45, 2.75) is 69.8 Å². The van der Waals surface area contributed by atoms with Gasteiger partial charge in [0.05, 0.1) is 38.6 Å². The highest BCUT2D eigenvalue weighted by molar-refractivity contribution is 5.83. The molecular weight excluding hydrogens is 481 g/mol. The van der Waals surface area contributed by atoms with Gasteiger partial charge in [0.25, 0.3) is 0 Å². The van der Waals surface area contributed by atoms with Crippen LogP contribution < -0.4 is 14.8 Å². The lowest BCUT2D eigenvalue weighted by Gasteiger charge is -2.35. The quantitative estimate of drug-likeness (QED) is 0.401. The van der Waals surface area contributed by atoms with E-state index in [1.165, 1.54) is 21.1 Å². The van der Waals surface area contributed by atoms with Crippen molar-refractivity contribution < 1.29 is 38.3 Å². The van der Waals surface area contributed by atoms with E-state index < -0.39 is 23.4 Å². The molecule has 3 N–H and O–H groups in total. The molecule has 0 bridgehead atoms. The average molecular weight is 518 g/mol. The number of anilines is 1. The maximum Gasteiger partial charge on any atom is 0.329 e. The molecule has 0 aromatic heterocycles. The maximum atomic E-state index is 15.8. The molecule has 1 aliphatic heterocycles. The first-order chi connectivity index (χ1) is 17.8. The van der Waals surface area contributed by atoms with Gasteiger partial charge in [0.2, 0.25) is 0 Å². The van der Waals surface area contributed by atoms with Crippen molar-refractivity contribution in [3.8, 4) is 22.6 Å². The Bertz CT molecular complexity index is 1110. The molecular formula is C28H36FNO7. The molecule has 37 heavy (non-hydrogen) atoms. The van der Waals surface area contributed by atoms with E-state index in [9.17, 15) is 15.0 Å². The van der Waals surface area contributed by atoms with E-state index in [4.69, 9.17) is 18.9 Å². The molecule has 202 valence electrons. The number of rotatable bonds is 10. The van der Waals surface area contributed by atoms with Crippen LogP contribution in [0.5, 0.6) is 11.5 Å². The summed E-state index contributed by atoms with van der Waals surface area (Å²) < 4.78 is 38.2. The highest BCUT2D eigenvalue weighted by atomic mass is 19.1. The third kappa shape index (κ3) is 5.68. The number of carboxylic acids is 1. The highest BCUT2D eigenvalue weighted by Gasteiger charge is 2.40. The molecule has 1 saturated heterocycles. The smallest absolute Gasteiger partial charge is 0.329 e. The number of carboxylic acid groups (broad SMARTS) is 1. The predicted octanol–water partition coefficient (Wildman–Crippen LogP) is 5.07. The maximum absolute atomic E-state index is 15.8. The molecule has 0 radical (unpaired) electrons. The number of methoxy groups -OCH3 is 2. The number of benzene rings is 2. The van der Waals surface area contributed by atoms with Crippen molar-refractivity contribution in [3.63, 3.8) is 0 Å². The molecule has 1 saturated carbocycles. The van der Waals surface area contributed by atoms with E-state index >= 15 is 4.39 Å². The van der Waals surface area contributed by atoms with Gasteiger partial charge < -0.3 is 34.5 Å². The molecule has 8 nitrogen and oxygen atoms in total. The Balaban J connectivity index is 1.78. The summed E-state index contributed by atoms with van der Waals surface area (Å²) in [7, 11) is 2.81. The van der Waals surface area contributed by atoms with Gasteiger partial charge in [-0.2, -0.15) is 0 Å². The van der Waals surface area contributed by atoms with Crippen LogP contribution >= 0.6 is 0 Å². The van der Waals surface area contributed by atoms with Crippen LogP contribution in [0.15, 0.2) is 24.3 Å². The lowest BCUT2D eigenvalue weighted by atomic mass is 9.89. The number of aliphatic hydroxyl groups excluding tert-OH is 1. The van der Waals surface area contributed by atoms with Gasteiger partial charge in [-0.3, -0.25) is 0 Å². The van der Waals surface area contributed by atoms with Crippen LogP contribution in [0.25, 0.3) is 11.1 Å². The summed E-state index contributed by atoms with van der Waals surface area (Å²) in [6.45, 7) is 2.47. The number of carbonyl (C=O) groups is 1. The summed E-state index contributed by atoms with van der Waals surface area (Å²) in [6, 6.07) is 6.88. The van der Waals surface area contributed by atoms with Crippen molar-refractivity contribution in [2.24, 2.45) is 0 Å². The average Bonchev–Trinajstić information content (AvgIpc) is 3.41. The Morgan fingerprint density at radius 2 is 1.86 bits per heavy atom. The van der Waals surface area contributed by atoms with Gasteiger partial charge in [-0.25, -0.2) is 9.18 Å². The van der Waals surface area contributed by atoms with Crippen molar-refractivity contribution >= 4 is 11.7 Å². The molecule has 0 amide bonds. The number of hydrogen-bond donors (Lipinski definition) is 3. The summed E-state index contributed by atoms with van der Waals surface area (Å²) in [6.07, 6.45) is 4.00. The van der Waals surface area contributed by atoms with Crippen molar-refractivity contribution in [1.82, 2.24) is 0 Å². The number of hydrogen-bond acceptors (Lipinski definition) is 7. The van der Waals surface area contributed by atoms with E-state index in [0.29, 0.717) is 48.6 Å². The topological polar surface area (TPSA) is 106 Å². The van der Waals surface area contributed by atoms with Crippen molar-refractivity contribution in [2.75, 3.05) is 32.8 Å². The molecule has 2 aliphatic rings. The van der Waals surface area contributed by atoms with Gasteiger partial charge in [0, 0.05) is 37.3 Å². The third-order valence-electron chi connectivity index (χ3n) is 7.37. The first-order valence-electron chi connectivity index (χ1n) is 12.8. The zero-order valence-corrected chi connectivity index (χ0v) is 21.6. The summed E-state index contributed by atoms with van der Waals surface area (Å²) in [5.41, 5.74) is 1.23. The van der Waals surface area contributed by atoms with E-state index in [1.54, 1.807) is 18.2 Å². The van der Waals surface area contributed by atoms with Crippen LogP contribution in [0.4, 0.5) is 10.1 Å². The first kappa shape index (κ1) is 27.2. The van der Waals surface area contributed by atoms with Gasteiger partial charge in [-0.1, -0.05) is 18.9 Å². The van der Waals surface area contributed by atoms with Crippen molar-refractivity contribution in [1.29, 1.82) is 0 Å². The fourth-order valence-corrected chi connectivity index (χ4v) is 5.29. The SMILES string of the molecule is COc1cc(-c2ccc(NC3(C(=O)O)CCOCC3)cc2COC2CCCC2)c(F)c(OC)c1C(C)O. The van der Waals surface area contributed by atoms with Crippen LogP contribution in [0, 0.1) is 5.82 Å². The Kier molecular flexibility index (Phi) is 8.56. The molecule has 2 fully saturated rings. The number of nitrogens with one attached hydrogen (secondary N) is 1. The minimum atomic E-state index is -1.14. The highest BCUT2D eigenvalue weighted by Crippen LogP contribution is 2.43. The predicted molar refractivity (Wildman–Crippen MR) is 137 cm³/mol. The summed E-state index contributed by atoms with van der Waals surface area (Å²) >= 11 is 0. The standard InChI is InChI=1S/C28H36FNO7/c1-17(31)24-23(34-2)15-22(25(29)26(24)35-3)21-9-8-19(14-18(21)16-37-20-6-4-5-7-20)30-28(27(32)33)10-12-36-13-11-28/h8-9,14-15,17,20,30-31H,4-7,10-13,16H2,1-3H3,(H,32,33). The fourth-order valence-electron chi connectivity index (χ4n) is 5.29. The first-order valence-corrected chi connectivity index (χ1v) is 12.8.